The third kappa shape index (κ3) is 9.41. The van der Waals surface area contributed by atoms with Crippen molar-refractivity contribution in [2.45, 2.75) is 14.9 Å². The van der Waals surface area contributed by atoms with Crippen molar-refractivity contribution in [2.75, 3.05) is 47.5 Å². The summed E-state index contributed by atoms with van der Waals surface area (Å²) in [5, 5.41) is 6.79. The van der Waals surface area contributed by atoms with Crippen molar-refractivity contribution < 1.29 is 23.8 Å². The lowest BCUT2D eigenvalue weighted by atomic mass is 10.1. The van der Waals surface area contributed by atoms with E-state index in [2.05, 4.69) is 25.3 Å². The summed E-state index contributed by atoms with van der Waals surface area (Å²) >= 11 is 0. The van der Waals surface area contributed by atoms with Gasteiger partial charge in [0.05, 0.1) is 43.8 Å². The van der Waals surface area contributed by atoms with Crippen LogP contribution < -0.4 is 32.0 Å². The number of pyridine rings is 2. The highest BCUT2D eigenvalue weighted by Gasteiger charge is 2.19. The highest BCUT2D eigenvalue weighted by molar-refractivity contribution is 6.14. The molecule has 4 aromatic heterocycles. The summed E-state index contributed by atoms with van der Waals surface area (Å²) in [5.41, 5.74) is 23.0. The van der Waals surface area contributed by atoms with Crippen LogP contribution in [0.5, 0.6) is 11.5 Å². The largest absolute Gasteiger partial charge is 0.497 e. The maximum atomic E-state index is 12.5. The fraction of sp³-hybridized carbons (Fsp3) is 0.200. The minimum absolute atomic E-state index is 0. The van der Waals surface area contributed by atoms with Crippen molar-refractivity contribution in [3.05, 3.63) is 121 Å². The molecule has 13 nitrogen and oxygen atoms in total. The van der Waals surface area contributed by atoms with E-state index in [1.54, 1.807) is 20.3 Å². The Labute approximate surface area is 337 Å². The number of H-pyrrole nitrogens is 2. The number of nitrogens with zero attached hydrogens (tertiary/aromatic N) is 2. The second-order valence-corrected chi connectivity index (χ2v) is 12.5. The number of nitrogens with one attached hydrogen (secondary N) is 3. The quantitative estimate of drug-likeness (QED) is 0.0797. The molecule has 58 heavy (non-hydrogen) atoms. The molecule has 8 aromatic rings. The van der Waals surface area contributed by atoms with E-state index in [1.807, 2.05) is 103 Å². The Morgan fingerprint density at radius 2 is 1.02 bits per heavy atom. The van der Waals surface area contributed by atoms with Crippen molar-refractivity contribution in [3.8, 4) is 34.0 Å². The molecule has 1 amide bonds. The molecule has 9 N–H and O–H groups in total. The maximum absolute atomic E-state index is 12.5. The highest BCUT2D eigenvalue weighted by atomic mass is 16.5. The monoisotopic (exact) mass is 784 g/mol. The van der Waals surface area contributed by atoms with E-state index in [-0.39, 0.29) is 26.5 Å². The van der Waals surface area contributed by atoms with E-state index in [9.17, 15) is 9.59 Å². The molecule has 0 saturated carbocycles. The third-order valence-electron chi connectivity index (χ3n) is 8.94. The number of carbonyl (C=O) groups is 2. The molecule has 0 unspecified atom stereocenters. The summed E-state index contributed by atoms with van der Waals surface area (Å²) < 4.78 is 15.3. The van der Waals surface area contributed by atoms with E-state index in [0.29, 0.717) is 37.6 Å². The Kier molecular flexibility index (Phi) is 15.4. The number of ether oxygens (including phenoxy) is 3. The second kappa shape index (κ2) is 20.4. The van der Waals surface area contributed by atoms with E-state index in [1.165, 1.54) is 7.11 Å². The number of aromatic amines is 2. The molecule has 0 saturated heterocycles. The van der Waals surface area contributed by atoms with Crippen molar-refractivity contribution in [1.82, 2.24) is 25.3 Å². The number of hydrogen-bond acceptors (Lipinski definition) is 10. The van der Waals surface area contributed by atoms with Crippen molar-refractivity contribution in [3.63, 3.8) is 0 Å². The van der Waals surface area contributed by atoms with Crippen LogP contribution in [0.2, 0.25) is 0 Å². The van der Waals surface area contributed by atoms with Crippen molar-refractivity contribution in [2.24, 2.45) is 17.2 Å². The molecular formula is C45H52N8O5. The zero-order valence-electron chi connectivity index (χ0n) is 31.4. The Bertz CT molecular complexity index is 2600. The van der Waals surface area contributed by atoms with Gasteiger partial charge >= 0.3 is 5.97 Å². The number of aromatic nitrogens is 4. The van der Waals surface area contributed by atoms with Crippen LogP contribution in [0.4, 0.5) is 0 Å². The molecule has 13 heteroatoms. The molecule has 0 aliphatic heterocycles. The fourth-order valence-electron chi connectivity index (χ4n) is 6.21. The summed E-state index contributed by atoms with van der Waals surface area (Å²) in [6.45, 7) is 1.98. The normalized spacial score (nSPS) is 10.4. The summed E-state index contributed by atoms with van der Waals surface area (Å²) in [4.78, 5) is 40.7. The van der Waals surface area contributed by atoms with Gasteiger partial charge in [0.2, 0.25) is 0 Å². The molecule has 4 heterocycles. The first-order chi connectivity index (χ1) is 27.3. The first-order valence-corrected chi connectivity index (χ1v) is 17.9. The standard InChI is InChI=1S/C21H20N4O2.C20H16N2O3.C2H8N2.2CH4/c1-27-14-8-6-13(7-9-14)19-20-16(15-4-2-3-5-17(15)24-20)12-18(25-19)21(26)23-11-10-22;1-24-13-9-7-12(8-10-13)18-19-15(11-17(22-18)20(23)25-2)14-5-3-4-6-16(14)21-19;3-1-2-4;;/h2-9,12,24H,10-11,22H2,1H3,(H,23,26);3-11,21H,1-2H3;1-4H2;2*1H4. The minimum atomic E-state index is -0.457. The van der Waals surface area contributed by atoms with E-state index in [0.717, 1.165) is 71.9 Å². The topological polar surface area (TPSA) is 209 Å². The average molecular weight is 785 g/mol. The number of fused-ring (bicyclic) bond motifs is 6. The van der Waals surface area contributed by atoms with Crippen LogP contribution >= 0.6 is 0 Å². The fourth-order valence-corrected chi connectivity index (χ4v) is 6.21. The summed E-state index contributed by atoms with van der Waals surface area (Å²) in [7, 11) is 4.61. The number of nitrogens with two attached hydrogens (primary N) is 3. The first kappa shape index (κ1) is 43.9. The summed E-state index contributed by atoms with van der Waals surface area (Å²) in [6, 6.07) is 34.8. The van der Waals surface area contributed by atoms with Gasteiger partial charge in [-0.05, 0) is 72.8 Å². The number of esters is 1. The van der Waals surface area contributed by atoms with E-state index in [4.69, 9.17) is 31.4 Å². The lowest BCUT2D eigenvalue weighted by molar-refractivity contribution is 0.0594. The zero-order valence-corrected chi connectivity index (χ0v) is 31.4. The number of para-hydroxylation sites is 2. The molecule has 0 bridgehead atoms. The second-order valence-electron chi connectivity index (χ2n) is 12.5. The van der Waals surface area contributed by atoms with Gasteiger partial charge in [-0.1, -0.05) is 51.3 Å². The molecule has 0 radical (unpaired) electrons. The smallest absolute Gasteiger partial charge is 0.356 e. The number of rotatable bonds is 9. The van der Waals surface area contributed by atoms with Gasteiger partial charge < -0.3 is 46.7 Å². The lowest BCUT2D eigenvalue weighted by Crippen LogP contribution is -2.29. The molecule has 4 aromatic carbocycles. The predicted octanol–water partition coefficient (Wildman–Crippen LogP) is 7.43. The van der Waals surface area contributed by atoms with Crippen molar-refractivity contribution in [1.29, 1.82) is 0 Å². The number of hydrogen-bond donors (Lipinski definition) is 6. The molecule has 0 spiro atoms. The minimum Gasteiger partial charge on any atom is -0.497 e. The average Bonchev–Trinajstić information content (AvgIpc) is 3.83. The summed E-state index contributed by atoms with van der Waals surface area (Å²) in [6.07, 6.45) is 0. The molecule has 0 fully saturated rings. The number of amides is 1. The number of carbonyl (C=O) groups excluding carboxylic acids is 2. The maximum Gasteiger partial charge on any atom is 0.356 e. The van der Waals surface area contributed by atoms with Gasteiger partial charge in [0.1, 0.15) is 22.9 Å². The Morgan fingerprint density at radius 1 is 0.586 bits per heavy atom. The van der Waals surface area contributed by atoms with Gasteiger partial charge in [0.25, 0.3) is 5.91 Å². The van der Waals surface area contributed by atoms with E-state index >= 15 is 0 Å². The van der Waals surface area contributed by atoms with Crippen molar-refractivity contribution >= 4 is 55.5 Å². The van der Waals surface area contributed by atoms with Crippen LogP contribution in [-0.4, -0.2) is 79.3 Å². The van der Waals surface area contributed by atoms with Crippen LogP contribution in [0, 0.1) is 0 Å². The number of benzene rings is 4. The number of methoxy groups -OCH3 is 3. The van der Waals surface area contributed by atoms with Gasteiger partial charge in [-0.3, -0.25) is 4.79 Å². The molecule has 8 rings (SSSR count). The van der Waals surface area contributed by atoms with Crippen LogP contribution in [0.15, 0.2) is 109 Å². The lowest BCUT2D eigenvalue weighted by Gasteiger charge is -2.09. The van der Waals surface area contributed by atoms with Crippen LogP contribution in [0.3, 0.4) is 0 Å². The molecule has 302 valence electrons. The van der Waals surface area contributed by atoms with E-state index < -0.39 is 5.97 Å². The molecule has 0 aliphatic rings. The SMILES string of the molecule is C.C.COC(=O)c1cc2c([nH]c3ccccc32)c(-c2ccc(OC)cc2)n1.COc1ccc(-c2nc(C(=O)NCCN)cc3c2[nH]c2ccccc23)cc1.NCCN. The predicted molar refractivity (Wildman–Crippen MR) is 235 cm³/mol. The van der Waals surface area contributed by atoms with Crippen LogP contribution in [-0.2, 0) is 4.74 Å². The van der Waals surface area contributed by atoms with Gasteiger partial charge in [0, 0.05) is 69.9 Å². The van der Waals surface area contributed by atoms with Crippen LogP contribution in [0.1, 0.15) is 35.8 Å². The van der Waals surface area contributed by atoms with Gasteiger partial charge in [-0.2, -0.15) is 0 Å². The summed E-state index contributed by atoms with van der Waals surface area (Å²) in [5.74, 6) is 0.841. The van der Waals surface area contributed by atoms with Crippen LogP contribution in [0.25, 0.3) is 66.1 Å². The van der Waals surface area contributed by atoms with Gasteiger partial charge in [-0.25, -0.2) is 14.8 Å². The molecule has 0 atom stereocenters. The first-order valence-electron chi connectivity index (χ1n) is 17.9. The van der Waals surface area contributed by atoms with Gasteiger partial charge in [-0.15, -0.1) is 0 Å². The Hall–Kier alpha value is -6.80. The highest BCUT2D eigenvalue weighted by Crippen LogP contribution is 2.35. The zero-order chi connectivity index (χ0) is 39.6. The van der Waals surface area contributed by atoms with Gasteiger partial charge in [0.15, 0.2) is 0 Å². The third-order valence-corrected chi connectivity index (χ3v) is 8.94. The Balaban J connectivity index is 0.000000228. The molecular weight excluding hydrogens is 733 g/mol. The Morgan fingerprint density at radius 3 is 1.43 bits per heavy atom. The molecule has 0 aliphatic carbocycles.